The van der Waals surface area contributed by atoms with E-state index in [0.29, 0.717) is 56.5 Å². The predicted molar refractivity (Wildman–Crippen MR) is 270 cm³/mol. The number of amides is 1. The number of ketones is 2. The number of aromatic nitrogens is 2. The number of halogens is 4. The predicted octanol–water partition coefficient (Wildman–Crippen LogP) is 10.9. The Hall–Kier alpha value is -6.59. The van der Waals surface area contributed by atoms with Crippen LogP contribution in [0.4, 0.5) is 8.78 Å². The van der Waals surface area contributed by atoms with E-state index in [-0.39, 0.29) is 72.6 Å². The lowest BCUT2D eigenvalue weighted by molar-refractivity contribution is -0.143. The number of aliphatic carboxylic acids is 2. The lowest BCUT2D eigenvalue weighted by Crippen LogP contribution is -2.54. The van der Waals surface area contributed by atoms with Gasteiger partial charge < -0.3 is 35.8 Å². The molecule has 0 unspecified atom stereocenters. The number of carbonyl (C=O) groups is 5. The highest BCUT2D eigenvalue weighted by molar-refractivity contribution is 6.31. The van der Waals surface area contributed by atoms with Gasteiger partial charge in [-0.05, 0) is 122 Å². The highest BCUT2D eigenvalue weighted by atomic mass is 35.5. The Morgan fingerprint density at radius 1 is 0.653 bits per heavy atom. The van der Waals surface area contributed by atoms with Crippen molar-refractivity contribution in [3.63, 3.8) is 0 Å². The van der Waals surface area contributed by atoms with Crippen LogP contribution in [-0.4, -0.2) is 67.2 Å². The fourth-order valence-corrected chi connectivity index (χ4v) is 7.98. The summed E-state index contributed by atoms with van der Waals surface area (Å²) in [5.41, 5.74) is 15.3. The van der Waals surface area contributed by atoms with E-state index in [2.05, 4.69) is 15.3 Å². The van der Waals surface area contributed by atoms with Crippen LogP contribution in [0.3, 0.4) is 0 Å². The highest BCUT2D eigenvalue weighted by Crippen LogP contribution is 2.30. The van der Waals surface area contributed by atoms with Gasteiger partial charge in [0.15, 0.2) is 0 Å². The fourth-order valence-electron chi connectivity index (χ4n) is 7.64. The third kappa shape index (κ3) is 16.2. The molecule has 2 heterocycles. The molecule has 0 saturated heterocycles. The Labute approximate surface area is 426 Å². The van der Waals surface area contributed by atoms with Gasteiger partial charge in [-0.2, -0.15) is 0 Å². The summed E-state index contributed by atoms with van der Waals surface area (Å²) in [5, 5.41) is 22.4. The molecule has 14 nitrogen and oxygen atoms in total. The SMILES string of the molecule is CC(C)c1coc(C(=O)C[C@H](Cc2ccc(-c3cc(Cl)ccc3F)cc2)C[C@@H](N)C(=O)O)n1.CC(C)c1coc(C(=O)C[C@H](Cc2ccc(-c3cc(Cl)ccc3F)cc2)C[C@@H](NC(=O)C(C)(C)N)C(=O)O)n1. The van der Waals surface area contributed by atoms with Gasteiger partial charge >= 0.3 is 11.9 Å². The van der Waals surface area contributed by atoms with E-state index in [9.17, 15) is 43.0 Å². The lowest BCUT2D eigenvalue weighted by Gasteiger charge is -2.25. The number of oxazole rings is 2. The highest BCUT2D eigenvalue weighted by Gasteiger charge is 2.32. The van der Waals surface area contributed by atoms with Crippen LogP contribution in [0, 0.1) is 23.5 Å². The molecule has 0 aliphatic heterocycles. The molecular formula is C54H59Cl2F2N5O9. The summed E-state index contributed by atoms with van der Waals surface area (Å²) in [6, 6.07) is 20.5. The first-order valence-electron chi connectivity index (χ1n) is 23.2. The number of Topliss-reactive ketones (excluding diaryl/α,β-unsaturated/α-hetero) is 2. The molecule has 72 heavy (non-hydrogen) atoms. The molecule has 4 aromatic carbocycles. The van der Waals surface area contributed by atoms with Gasteiger partial charge in [0.1, 0.15) is 36.2 Å². The molecule has 6 aromatic rings. The second kappa shape index (κ2) is 25.2. The first kappa shape index (κ1) is 56.3. The van der Waals surface area contributed by atoms with Gasteiger partial charge in [-0.1, -0.05) is 99.4 Å². The zero-order valence-corrected chi connectivity index (χ0v) is 42.3. The van der Waals surface area contributed by atoms with Gasteiger partial charge in [-0.25, -0.2) is 23.5 Å². The molecule has 0 saturated carbocycles. The molecule has 4 atom stereocenters. The minimum Gasteiger partial charge on any atom is -0.480 e. The molecule has 7 N–H and O–H groups in total. The second-order valence-electron chi connectivity index (χ2n) is 19.0. The van der Waals surface area contributed by atoms with Crippen molar-refractivity contribution in [2.45, 2.75) is 110 Å². The summed E-state index contributed by atoms with van der Waals surface area (Å²) in [7, 11) is 0. The molecule has 18 heteroatoms. The number of nitrogens with one attached hydrogen (secondary N) is 1. The molecule has 0 aliphatic carbocycles. The smallest absolute Gasteiger partial charge is 0.326 e. The molecule has 382 valence electrons. The Morgan fingerprint density at radius 2 is 1.06 bits per heavy atom. The molecular weight excluding hydrogens is 972 g/mol. The van der Waals surface area contributed by atoms with E-state index >= 15 is 0 Å². The normalized spacial score (nSPS) is 13.2. The molecule has 6 rings (SSSR count). The van der Waals surface area contributed by atoms with Gasteiger partial charge in [0.05, 0.1) is 16.9 Å². The summed E-state index contributed by atoms with van der Waals surface area (Å²) >= 11 is 12.0. The van der Waals surface area contributed by atoms with Crippen LogP contribution in [0.25, 0.3) is 22.3 Å². The van der Waals surface area contributed by atoms with Crippen LogP contribution in [-0.2, 0) is 27.2 Å². The average molecular weight is 1030 g/mol. The van der Waals surface area contributed by atoms with Crippen LogP contribution >= 0.6 is 23.2 Å². The molecule has 2 aromatic heterocycles. The number of nitrogens with zero attached hydrogens (tertiary/aromatic N) is 2. The Morgan fingerprint density at radius 3 is 1.40 bits per heavy atom. The van der Waals surface area contributed by atoms with Crippen molar-refractivity contribution in [1.29, 1.82) is 0 Å². The summed E-state index contributed by atoms with van der Waals surface area (Å²) in [6.45, 7) is 10.7. The maximum Gasteiger partial charge on any atom is 0.326 e. The van der Waals surface area contributed by atoms with Crippen LogP contribution in [0.15, 0.2) is 106 Å². The number of rotatable bonds is 22. The quantitative estimate of drug-likeness (QED) is 0.0398. The summed E-state index contributed by atoms with van der Waals surface area (Å²) in [4.78, 5) is 70.0. The van der Waals surface area contributed by atoms with Crippen LogP contribution < -0.4 is 16.8 Å². The van der Waals surface area contributed by atoms with Gasteiger partial charge in [0.25, 0.3) is 11.8 Å². The number of nitrogens with two attached hydrogens (primary N) is 2. The number of benzene rings is 4. The number of carboxylic acid groups (broad SMARTS) is 2. The molecule has 0 aliphatic rings. The van der Waals surface area contributed by atoms with Crippen LogP contribution in [0.2, 0.25) is 10.0 Å². The second-order valence-corrected chi connectivity index (χ2v) is 19.9. The van der Waals surface area contributed by atoms with E-state index in [1.165, 1.54) is 56.7 Å². The van der Waals surface area contributed by atoms with Crippen molar-refractivity contribution in [3.05, 3.63) is 153 Å². The maximum absolute atomic E-state index is 14.3. The number of hydrogen-bond acceptors (Lipinski definition) is 11. The monoisotopic (exact) mass is 1030 g/mol. The summed E-state index contributed by atoms with van der Waals surface area (Å²) < 4.78 is 39.2. The van der Waals surface area contributed by atoms with Crippen molar-refractivity contribution in [2.75, 3.05) is 0 Å². The van der Waals surface area contributed by atoms with E-state index in [1.807, 2.05) is 39.8 Å². The third-order valence-corrected chi connectivity index (χ3v) is 12.2. The third-order valence-electron chi connectivity index (χ3n) is 11.7. The average Bonchev–Trinajstić information content (AvgIpc) is 4.03. The van der Waals surface area contributed by atoms with Crippen molar-refractivity contribution in [3.8, 4) is 22.3 Å². The van der Waals surface area contributed by atoms with Crippen molar-refractivity contribution in [2.24, 2.45) is 23.3 Å². The van der Waals surface area contributed by atoms with E-state index in [4.69, 9.17) is 43.5 Å². The Balaban J connectivity index is 0.000000271. The summed E-state index contributed by atoms with van der Waals surface area (Å²) in [6.07, 6.45) is 3.69. The number of hydrogen-bond donors (Lipinski definition) is 5. The maximum atomic E-state index is 14.3. The van der Waals surface area contributed by atoms with Crippen molar-refractivity contribution < 1.29 is 51.8 Å². The minimum atomic E-state index is -1.28. The number of carboxylic acids is 2. The van der Waals surface area contributed by atoms with Gasteiger partial charge in [0, 0.05) is 34.0 Å². The van der Waals surface area contributed by atoms with Gasteiger partial charge in [-0.15, -0.1) is 0 Å². The molecule has 0 radical (unpaired) electrons. The van der Waals surface area contributed by atoms with Gasteiger partial charge in [-0.3, -0.25) is 19.2 Å². The van der Waals surface area contributed by atoms with E-state index in [0.717, 1.165) is 11.1 Å². The zero-order chi connectivity index (χ0) is 53.0. The molecule has 0 bridgehead atoms. The van der Waals surface area contributed by atoms with Gasteiger partial charge in [0.2, 0.25) is 17.5 Å². The lowest BCUT2D eigenvalue weighted by atomic mass is 9.87. The fraction of sp³-hybridized carbons (Fsp3) is 0.352. The molecule has 0 spiro atoms. The number of carbonyl (C=O) groups excluding carboxylic acids is 3. The van der Waals surface area contributed by atoms with Crippen LogP contribution in [0.1, 0.15) is 123 Å². The van der Waals surface area contributed by atoms with Crippen molar-refractivity contribution in [1.82, 2.24) is 15.3 Å². The summed E-state index contributed by atoms with van der Waals surface area (Å²) in [5.74, 6) is -5.14. The molecule has 0 fully saturated rings. The van der Waals surface area contributed by atoms with E-state index in [1.54, 1.807) is 42.5 Å². The zero-order valence-electron chi connectivity index (χ0n) is 40.8. The first-order valence-corrected chi connectivity index (χ1v) is 24.0. The minimum absolute atomic E-state index is 0.0133. The van der Waals surface area contributed by atoms with Crippen molar-refractivity contribution >= 4 is 52.6 Å². The topological polar surface area (TPSA) is 242 Å². The standard InChI is InChI=1S/C29H33ClFN3O5.C25H26ClFN2O4/c1-16(2)24-15-39-26(33-24)25(35)13-18(12-23(27(36)37)34-28(38)29(3,4)32)11-17-5-7-19(8-6-17)21-14-20(30)9-10-22(21)31;1-14(2)22-13-33-24(29-22)23(30)11-16(10-21(28)25(31)32)9-15-3-5-17(6-4-15)19-12-18(26)7-8-20(19)27/h5-10,14-16,18,23H,11-13,32H2,1-4H3,(H,34,38)(H,36,37);3-8,12-14,16,21H,9-11,28H2,1-2H3,(H,31,32)/t18-,23-;16-,21-/m11/s1. The Kier molecular flexibility index (Phi) is 19.7. The van der Waals surface area contributed by atoms with E-state index < -0.39 is 47.2 Å². The molecule has 1 amide bonds. The first-order chi connectivity index (χ1) is 33.9. The van der Waals surface area contributed by atoms with Crippen LogP contribution in [0.5, 0.6) is 0 Å². The Bertz CT molecular complexity index is 2840. The largest absolute Gasteiger partial charge is 0.480 e.